The molecule has 0 N–H and O–H groups in total. The third kappa shape index (κ3) is 5.44. The number of hydrogen-bond acceptors (Lipinski definition) is 8. The second-order valence-electron chi connectivity index (χ2n) is 11.2. The Labute approximate surface area is 241 Å². The van der Waals surface area contributed by atoms with Crippen molar-refractivity contribution in [2.24, 2.45) is 0 Å². The Morgan fingerprint density at radius 3 is 2.76 bits per heavy atom. The number of anilines is 2. The predicted octanol–water partition coefficient (Wildman–Crippen LogP) is 3.78. The minimum absolute atomic E-state index is 0.134. The van der Waals surface area contributed by atoms with Gasteiger partial charge in [-0.3, -0.25) is 4.79 Å². The maximum absolute atomic E-state index is 12.5. The van der Waals surface area contributed by atoms with Gasteiger partial charge in [-0.2, -0.15) is 15.2 Å². The van der Waals surface area contributed by atoms with E-state index >= 15 is 0 Å². The molecule has 6 rings (SSSR count). The molecule has 1 amide bonds. The standard InChI is InChI=1S/C32H37N7O2/c1-3-30(40)39-19-18-38(20-24(39)13-15-33)31-27-14-17-37(29-12-6-9-23-8-4-5-11-26(23)29)21-28(27)34-32(35-31)41-22-25-10-7-16-36(25)2/h3-6,8-9,11-12,24-25H,1,7,10,13-14,16-22H2,2H3/t24-,25+/m1/s1. The van der Waals surface area contributed by atoms with Crippen LogP contribution < -0.4 is 14.5 Å². The zero-order valence-electron chi connectivity index (χ0n) is 23.7. The zero-order chi connectivity index (χ0) is 28.3. The quantitative estimate of drug-likeness (QED) is 0.410. The number of benzene rings is 2. The van der Waals surface area contributed by atoms with E-state index in [9.17, 15) is 10.1 Å². The van der Waals surface area contributed by atoms with E-state index in [-0.39, 0.29) is 18.4 Å². The van der Waals surface area contributed by atoms with E-state index in [0.29, 0.717) is 44.8 Å². The maximum Gasteiger partial charge on any atom is 0.318 e. The summed E-state index contributed by atoms with van der Waals surface area (Å²) < 4.78 is 6.28. The summed E-state index contributed by atoms with van der Waals surface area (Å²) >= 11 is 0. The third-order valence-electron chi connectivity index (χ3n) is 8.77. The summed E-state index contributed by atoms with van der Waals surface area (Å²) in [6, 6.07) is 17.7. The highest BCUT2D eigenvalue weighted by molar-refractivity contribution is 5.94. The molecule has 0 spiro atoms. The van der Waals surface area contributed by atoms with Gasteiger partial charge in [0.1, 0.15) is 12.4 Å². The van der Waals surface area contributed by atoms with Crippen LogP contribution in [-0.4, -0.2) is 84.1 Å². The topological polar surface area (TPSA) is 88.8 Å². The van der Waals surface area contributed by atoms with Crippen LogP contribution in [0.25, 0.3) is 10.8 Å². The fraction of sp³-hybridized carbons (Fsp3) is 0.438. The second kappa shape index (κ2) is 11.8. The first kappa shape index (κ1) is 27.0. The fourth-order valence-corrected chi connectivity index (χ4v) is 6.50. The number of rotatable bonds is 7. The van der Waals surface area contributed by atoms with Crippen molar-refractivity contribution in [2.75, 3.05) is 56.2 Å². The van der Waals surface area contributed by atoms with Crippen LogP contribution in [0.15, 0.2) is 55.1 Å². The molecule has 3 aliphatic heterocycles. The highest BCUT2D eigenvalue weighted by Crippen LogP contribution is 2.35. The average molecular weight is 552 g/mol. The number of likely N-dealkylation sites (N-methyl/N-ethyl adjacent to an activating group) is 1. The van der Waals surface area contributed by atoms with Crippen molar-refractivity contribution in [3.05, 3.63) is 66.4 Å². The van der Waals surface area contributed by atoms with Crippen molar-refractivity contribution in [1.82, 2.24) is 19.8 Å². The van der Waals surface area contributed by atoms with Gasteiger partial charge in [0.2, 0.25) is 5.91 Å². The second-order valence-corrected chi connectivity index (χ2v) is 11.2. The molecule has 2 atom stereocenters. The molecular formula is C32H37N7O2. The van der Waals surface area contributed by atoms with Crippen LogP contribution in [0.1, 0.15) is 30.5 Å². The first-order chi connectivity index (χ1) is 20.1. The van der Waals surface area contributed by atoms with E-state index in [0.717, 1.165) is 43.0 Å². The number of aromatic nitrogens is 2. The van der Waals surface area contributed by atoms with Crippen molar-refractivity contribution < 1.29 is 9.53 Å². The van der Waals surface area contributed by atoms with Gasteiger partial charge in [-0.05, 0) is 50.4 Å². The van der Waals surface area contributed by atoms with Crippen molar-refractivity contribution in [1.29, 1.82) is 5.26 Å². The number of ether oxygens (including phenoxy) is 1. The van der Waals surface area contributed by atoms with Gasteiger partial charge >= 0.3 is 6.01 Å². The molecule has 0 bridgehead atoms. The number of amides is 1. The van der Waals surface area contributed by atoms with Crippen LogP contribution in [0.4, 0.5) is 11.5 Å². The Morgan fingerprint density at radius 1 is 1.10 bits per heavy atom. The lowest BCUT2D eigenvalue weighted by Gasteiger charge is -2.42. The first-order valence-corrected chi connectivity index (χ1v) is 14.6. The Bertz CT molecular complexity index is 1480. The van der Waals surface area contributed by atoms with Crippen molar-refractivity contribution >= 4 is 28.2 Å². The first-order valence-electron chi connectivity index (χ1n) is 14.6. The minimum atomic E-state index is -0.225. The number of carbonyl (C=O) groups is 1. The summed E-state index contributed by atoms with van der Waals surface area (Å²) in [6.45, 7) is 8.48. The van der Waals surface area contributed by atoms with E-state index in [2.05, 4.69) is 76.9 Å². The smallest absolute Gasteiger partial charge is 0.318 e. The number of nitriles is 1. The maximum atomic E-state index is 12.5. The molecule has 41 heavy (non-hydrogen) atoms. The molecule has 2 aromatic carbocycles. The van der Waals surface area contributed by atoms with Crippen molar-refractivity contribution in [3.8, 4) is 12.1 Å². The molecule has 3 aromatic rings. The molecule has 2 fully saturated rings. The molecule has 0 radical (unpaired) electrons. The Hall–Kier alpha value is -4.16. The molecule has 2 saturated heterocycles. The largest absolute Gasteiger partial charge is 0.462 e. The van der Waals surface area contributed by atoms with Gasteiger partial charge in [-0.1, -0.05) is 43.0 Å². The number of piperazine rings is 1. The molecule has 9 nitrogen and oxygen atoms in total. The summed E-state index contributed by atoms with van der Waals surface area (Å²) in [5.41, 5.74) is 3.31. The summed E-state index contributed by atoms with van der Waals surface area (Å²) in [5, 5.41) is 12.0. The molecule has 1 aromatic heterocycles. The predicted molar refractivity (Wildman–Crippen MR) is 160 cm³/mol. The van der Waals surface area contributed by atoms with Crippen LogP contribution in [-0.2, 0) is 17.8 Å². The van der Waals surface area contributed by atoms with Gasteiger partial charge < -0.3 is 24.3 Å². The normalized spacial score (nSPS) is 21.0. The summed E-state index contributed by atoms with van der Waals surface area (Å²) in [4.78, 5) is 31.2. The van der Waals surface area contributed by atoms with Crippen LogP contribution >= 0.6 is 0 Å². The molecular weight excluding hydrogens is 514 g/mol. The summed E-state index contributed by atoms with van der Waals surface area (Å²) in [6.07, 6.45) is 4.68. The van der Waals surface area contributed by atoms with Gasteiger partial charge in [0.25, 0.3) is 0 Å². The molecule has 9 heteroatoms. The van der Waals surface area contributed by atoms with E-state index in [4.69, 9.17) is 14.7 Å². The average Bonchev–Trinajstić information content (AvgIpc) is 3.43. The number of hydrogen-bond donors (Lipinski definition) is 0. The monoisotopic (exact) mass is 551 g/mol. The summed E-state index contributed by atoms with van der Waals surface area (Å²) in [7, 11) is 2.14. The van der Waals surface area contributed by atoms with Gasteiger partial charge in [-0.15, -0.1) is 0 Å². The molecule has 0 aliphatic carbocycles. The van der Waals surface area contributed by atoms with Crippen LogP contribution in [0, 0.1) is 11.3 Å². The highest BCUT2D eigenvalue weighted by Gasteiger charge is 2.33. The van der Waals surface area contributed by atoms with Gasteiger partial charge in [0.05, 0.1) is 30.8 Å². The van der Waals surface area contributed by atoms with Crippen LogP contribution in [0.5, 0.6) is 6.01 Å². The summed E-state index contributed by atoms with van der Waals surface area (Å²) in [5.74, 6) is 0.737. The molecule has 0 unspecified atom stereocenters. The highest BCUT2D eigenvalue weighted by atomic mass is 16.5. The number of likely N-dealkylation sites (tertiary alicyclic amines) is 1. The molecule has 212 valence electrons. The van der Waals surface area contributed by atoms with Crippen molar-refractivity contribution in [3.63, 3.8) is 0 Å². The zero-order valence-corrected chi connectivity index (χ0v) is 23.7. The third-order valence-corrected chi connectivity index (χ3v) is 8.77. The van der Waals surface area contributed by atoms with Gasteiger partial charge in [-0.25, -0.2) is 0 Å². The van der Waals surface area contributed by atoms with E-state index in [1.165, 1.54) is 29.0 Å². The molecule has 3 aliphatic rings. The number of fused-ring (bicyclic) bond motifs is 2. The lowest BCUT2D eigenvalue weighted by Crippen LogP contribution is -2.55. The lowest BCUT2D eigenvalue weighted by molar-refractivity contribution is -0.128. The SMILES string of the molecule is C=CC(=O)N1CCN(c2nc(OC[C@@H]3CCCN3C)nc3c2CCN(c2cccc4ccccc24)C3)C[C@H]1CC#N. The van der Waals surface area contributed by atoms with Gasteiger partial charge in [0.15, 0.2) is 0 Å². The van der Waals surface area contributed by atoms with E-state index < -0.39 is 0 Å². The van der Waals surface area contributed by atoms with Crippen LogP contribution in [0.2, 0.25) is 0 Å². The minimum Gasteiger partial charge on any atom is -0.462 e. The Kier molecular flexibility index (Phi) is 7.75. The van der Waals surface area contributed by atoms with Gasteiger partial charge in [0, 0.05) is 48.9 Å². The Balaban J connectivity index is 1.33. The van der Waals surface area contributed by atoms with E-state index in [1.54, 1.807) is 4.90 Å². The molecule has 0 saturated carbocycles. The number of nitrogens with zero attached hydrogens (tertiary/aromatic N) is 7. The van der Waals surface area contributed by atoms with Crippen LogP contribution in [0.3, 0.4) is 0 Å². The molecule has 4 heterocycles. The van der Waals surface area contributed by atoms with Crippen molar-refractivity contribution in [2.45, 2.75) is 44.3 Å². The Morgan fingerprint density at radius 2 is 1.95 bits per heavy atom. The number of carbonyl (C=O) groups excluding carboxylic acids is 1. The van der Waals surface area contributed by atoms with E-state index in [1.807, 2.05) is 0 Å². The lowest BCUT2D eigenvalue weighted by atomic mass is 10.0. The fourth-order valence-electron chi connectivity index (χ4n) is 6.50.